The van der Waals surface area contributed by atoms with Gasteiger partial charge in [0.15, 0.2) is 0 Å². The van der Waals surface area contributed by atoms with E-state index in [0.717, 1.165) is 0 Å². The molecule has 0 aromatic heterocycles. The summed E-state index contributed by atoms with van der Waals surface area (Å²) in [6.45, 7) is 2.51. The van der Waals surface area contributed by atoms with Gasteiger partial charge in [-0.05, 0) is 12.8 Å². The van der Waals surface area contributed by atoms with Crippen LogP contribution in [0.15, 0.2) is 0 Å². The van der Waals surface area contributed by atoms with Crippen molar-refractivity contribution in [3.63, 3.8) is 0 Å². The molecule has 0 aliphatic rings. The van der Waals surface area contributed by atoms with Crippen molar-refractivity contribution >= 4 is 45.3 Å². The van der Waals surface area contributed by atoms with Crippen LogP contribution < -0.4 is 10.6 Å². The lowest BCUT2D eigenvalue weighted by molar-refractivity contribution is -0.142. The summed E-state index contributed by atoms with van der Waals surface area (Å²) in [4.78, 5) is 43.5. The maximum Gasteiger partial charge on any atom is 0.326 e. The average Bonchev–Trinajstić information content (AvgIpc) is 2.38. The Kier molecular flexibility index (Phi) is 10.5. The number of hydrogen-bond donors (Lipinski definition) is 4. The highest BCUT2D eigenvalue weighted by molar-refractivity contribution is 8.76. The second-order valence-electron chi connectivity index (χ2n) is 4.40. The highest BCUT2D eigenvalue weighted by atomic mass is 33.1. The lowest BCUT2D eigenvalue weighted by atomic mass is 10.2. The zero-order chi connectivity index (χ0) is 17.1. The van der Waals surface area contributed by atoms with Crippen LogP contribution in [-0.4, -0.2) is 57.6 Å². The number of carboxylic acid groups (broad SMARTS) is 2. The smallest absolute Gasteiger partial charge is 0.326 e. The first-order valence-corrected chi connectivity index (χ1v) is 8.97. The predicted octanol–water partition coefficient (Wildman–Crippen LogP) is 0.327. The highest BCUT2D eigenvalue weighted by Gasteiger charge is 2.19. The van der Waals surface area contributed by atoms with Crippen molar-refractivity contribution in [1.29, 1.82) is 0 Å². The van der Waals surface area contributed by atoms with Gasteiger partial charge in [0.1, 0.15) is 12.1 Å². The third-order valence-electron chi connectivity index (χ3n) is 2.41. The minimum absolute atomic E-state index is 0.278. The molecule has 0 spiro atoms. The molecule has 0 aromatic carbocycles. The van der Waals surface area contributed by atoms with Crippen molar-refractivity contribution in [2.24, 2.45) is 0 Å². The van der Waals surface area contributed by atoms with Crippen molar-refractivity contribution in [2.75, 3.05) is 11.5 Å². The lowest BCUT2D eigenvalue weighted by Gasteiger charge is -2.13. The number of hydrogen-bond acceptors (Lipinski definition) is 6. The molecule has 0 aromatic rings. The molecule has 2 atom stereocenters. The van der Waals surface area contributed by atoms with E-state index in [4.69, 9.17) is 10.2 Å². The van der Waals surface area contributed by atoms with E-state index in [1.54, 1.807) is 0 Å². The Hall–Kier alpha value is -1.42. The summed E-state index contributed by atoms with van der Waals surface area (Å²) < 4.78 is 0. The molecule has 0 unspecified atom stereocenters. The Morgan fingerprint density at radius 2 is 1.14 bits per heavy atom. The number of aliphatic carboxylic acids is 2. The number of carbonyl (C=O) groups excluding carboxylic acids is 2. The van der Waals surface area contributed by atoms with Crippen molar-refractivity contribution in [3.05, 3.63) is 0 Å². The number of carboxylic acids is 2. The third kappa shape index (κ3) is 10.3. The second-order valence-corrected chi connectivity index (χ2v) is 7.11. The van der Waals surface area contributed by atoms with Gasteiger partial charge in [-0.1, -0.05) is 21.6 Å². The van der Waals surface area contributed by atoms with Crippen molar-refractivity contribution < 1.29 is 29.4 Å². The van der Waals surface area contributed by atoms with Gasteiger partial charge in [-0.25, -0.2) is 9.59 Å². The van der Waals surface area contributed by atoms with Gasteiger partial charge in [0, 0.05) is 25.4 Å². The molecule has 0 heterocycles. The summed E-state index contributed by atoms with van der Waals surface area (Å²) in [7, 11) is 2.79. The molecule has 22 heavy (non-hydrogen) atoms. The summed E-state index contributed by atoms with van der Waals surface area (Å²) in [5.74, 6) is -1.97. The molecular formula is C12H20N2O6S2. The Morgan fingerprint density at radius 1 is 0.818 bits per heavy atom. The van der Waals surface area contributed by atoms with E-state index in [1.807, 2.05) is 0 Å². The fourth-order valence-corrected chi connectivity index (χ4v) is 3.64. The molecular weight excluding hydrogens is 332 g/mol. The topological polar surface area (TPSA) is 133 Å². The van der Waals surface area contributed by atoms with Gasteiger partial charge in [-0.15, -0.1) is 0 Å². The molecule has 8 nitrogen and oxygen atoms in total. The summed E-state index contributed by atoms with van der Waals surface area (Å²) in [6, 6.07) is -1.84. The van der Waals surface area contributed by atoms with Gasteiger partial charge in [-0.2, -0.15) is 0 Å². The molecule has 0 saturated heterocycles. The van der Waals surface area contributed by atoms with Gasteiger partial charge in [0.2, 0.25) is 11.8 Å². The van der Waals surface area contributed by atoms with Crippen LogP contribution in [0.3, 0.4) is 0 Å². The summed E-state index contributed by atoms with van der Waals surface area (Å²) in [6.07, 6.45) is 0.557. The fraction of sp³-hybridized carbons (Fsp3) is 0.667. The molecule has 0 fully saturated rings. The maximum absolute atomic E-state index is 10.9. The first-order chi connectivity index (χ1) is 10.2. The van der Waals surface area contributed by atoms with E-state index in [1.165, 1.54) is 35.4 Å². The third-order valence-corrected chi connectivity index (χ3v) is 4.89. The Bertz CT molecular complexity index is 380. The molecule has 0 aliphatic carbocycles. The SMILES string of the molecule is CC(=O)N[C@@H](CCSSCC[C@H](NC(C)=O)C(=O)O)C(=O)O. The largest absolute Gasteiger partial charge is 0.480 e. The molecule has 0 aliphatic heterocycles. The number of rotatable bonds is 11. The molecule has 10 heteroatoms. The first-order valence-electron chi connectivity index (χ1n) is 6.48. The first kappa shape index (κ1) is 20.6. The summed E-state index contributed by atoms with van der Waals surface area (Å²) in [5.41, 5.74) is 0. The van der Waals surface area contributed by atoms with Crippen LogP contribution in [0.5, 0.6) is 0 Å². The number of nitrogens with one attached hydrogen (secondary N) is 2. The van der Waals surface area contributed by atoms with Gasteiger partial charge < -0.3 is 20.8 Å². The standard InChI is InChI=1S/C12H20N2O6S2/c1-7(15)13-9(11(17)18)3-5-21-22-6-4-10(12(19)20)14-8(2)16/h9-10H,3-6H2,1-2H3,(H,13,15)(H,14,16)(H,17,18)(H,19,20)/t9-,10-/m0/s1. The van der Waals surface area contributed by atoms with E-state index >= 15 is 0 Å². The highest BCUT2D eigenvalue weighted by Crippen LogP contribution is 2.23. The van der Waals surface area contributed by atoms with E-state index < -0.39 is 35.8 Å². The normalized spacial score (nSPS) is 13.0. The van der Waals surface area contributed by atoms with Crippen LogP contribution in [0.2, 0.25) is 0 Å². The van der Waals surface area contributed by atoms with Crippen LogP contribution in [0.1, 0.15) is 26.7 Å². The van der Waals surface area contributed by atoms with Crippen LogP contribution in [0.25, 0.3) is 0 Å². The number of carbonyl (C=O) groups is 4. The van der Waals surface area contributed by atoms with E-state index in [-0.39, 0.29) is 12.8 Å². The van der Waals surface area contributed by atoms with E-state index in [2.05, 4.69) is 10.6 Å². The second kappa shape index (κ2) is 11.2. The molecule has 2 amide bonds. The Labute approximate surface area is 136 Å². The molecule has 0 rings (SSSR count). The quantitative estimate of drug-likeness (QED) is 0.309. The number of amides is 2. The van der Waals surface area contributed by atoms with Crippen LogP contribution in [0, 0.1) is 0 Å². The molecule has 4 N–H and O–H groups in total. The molecule has 126 valence electrons. The summed E-state index contributed by atoms with van der Waals surface area (Å²) in [5, 5.41) is 22.5. The Balaban J connectivity index is 3.91. The zero-order valence-electron chi connectivity index (χ0n) is 12.3. The fourth-order valence-electron chi connectivity index (χ4n) is 1.46. The molecule has 0 radical (unpaired) electrons. The minimum atomic E-state index is -1.09. The van der Waals surface area contributed by atoms with Gasteiger partial charge >= 0.3 is 11.9 Å². The maximum atomic E-state index is 10.9. The average molecular weight is 352 g/mol. The monoisotopic (exact) mass is 352 g/mol. The van der Waals surface area contributed by atoms with Crippen LogP contribution in [0.4, 0.5) is 0 Å². The van der Waals surface area contributed by atoms with Crippen LogP contribution >= 0.6 is 21.6 Å². The summed E-state index contributed by atoms with van der Waals surface area (Å²) >= 11 is 0. The van der Waals surface area contributed by atoms with Crippen molar-refractivity contribution in [1.82, 2.24) is 10.6 Å². The van der Waals surface area contributed by atoms with Crippen molar-refractivity contribution in [2.45, 2.75) is 38.8 Å². The lowest BCUT2D eigenvalue weighted by Crippen LogP contribution is -2.40. The molecule has 0 saturated carbocycles. The van der Waals surface area contributed by atoms with Crippen LogP contribution in [-0.2, 0) is 19.2 Å². The van der Waals surface area contributed by atoms with Gasteiger partial charge in [0.05, 0.1) is 0 Å². The Morgan fingerprint density at radius 3 is 1.36 bits per heavy atom. The van der Waals surface area contributed by atoms with Gasteiger partial charge in [-0.3, -0.25) is 9.59 Å². The van der Waals surface area contributed by atoms with Gasteiger partial charge in [0.25, 0.3) is 0 Å². The zero-order valence-corrected chi connectivity index (χ0v) is 14.0. The predicted molar refractivity (Wildman–Crippen MR) is 84.6 cm³/mol. The molecule has 0 bridgehead atoms. The van der Waals surface area contributed by atoms with E-state index in [0.29, 0.717) is 11.5 Å². The minimum Gasteiger partial charge on any atom is -0.480 e. The van der Waals surface area contributed by atoms with E-state index in [9.17, 15) is 19.2 Å². The van der Waals surface area contributed by atoms with Crippen molar-refractivity contribution in [3.8, 4) is 0 Å².